The Hall–Kier alpha value is -0.500. The third-order valence-electron chi connectivity index (χ3n) is 2.57. The number of nitrogens with one attached hydrogen (secondary N) is 1. The van der Waals surface area contributed by atoms with Gasteiger partial charge >= 0.3 is 0 Å². The summed E-state index contributed by atoms with van der Waals surface area (Å²) in [5.74, 6) is -0.977. The number of anilines is 1. The highest BCUT2D eigenvalue weighted by molar-refractivity contribution is 7.99. The summed E-state index contributed by atoms with van der Waals surface area (Å²) < 4.78 is 40.0. The molecule has 108 valence electrons. The minimum atomic E-state index is -3.94. The van der Waals surface area contributed by atoms with Crippen molar-refractivity contribution in [3.63, 3.8) is 0 Å². The predicted octanol–water partition coefficient (Wildman–Crippen LogP) is 2.48. The van der Waals surface area contributed by atoms with Crippen LogP contribution in [-0.4, -0.2) is 26.5 Å². The Morgan fingerprint density at radius 2 is 2.16 bits per heavy atom. The van der Waals surface area contributed by atoms with E-state index in [1.54, 1.807) is 11.8 Å². The van der Waals surface area contributed by atoms with Gasteiger partial charge in [0.2, 0.25) is 10.0 Å². The molecule has 0 saturated carbocycles. The zero-order chi connectivity index (χ0) is 14.6. The number of rotatable bonds is 6. The Morgan fingerprint density at radius 3 is 2.74 bits per heavy atom. The zero-order valence-electron chi connectivity index (χ0n) is 10.6. The molecular weight excluding hydrogens is 311 g/mol. The maximum atomic E-state index is 13.7. The first-order chi connectivity index (χ1) is 8.77. The van der Waals surface area contributed by atoms with Crippen LogP contribution in [0.4, 0.5) is 10.1 Å². The van der Waals surface area contributed by atoms with E-state index in [1.165, 1.54) is 6.07 Å². The van der Waals surface area contributed by atoms with Gasteiger partial charge in [-0.2, -0.15) is 11.8 Å². The molecule has 0 bridgehead atoms. The van der Waals surface area contributed by atoms with Gasteiger partial charge in [0, 0.05) is 16.8 Å². The molecule has 1 rings (SSSR count). The summed E-state index contributed by atoms with van der Waals surface area (Å²) in [6.45, 7) is 2.22. The third-order valence-corrected chi connectivity index (χ3v) is 5.29. The quantitative estimate of drug-likeness (QED) is 0.788. The second-order valence-electron chi connectivity index (χ2n) is 4.04. The normalized spacial score (nSPS) is 13.5. The number of halogens is 2. The summed E-state index contributed by atoms with van der Waals surface area (Å²) in [5.41, 5.74) is 5.07. The predicted molar refractivity (Wildman–Crippen MR) is 78.6 cm³/mol. The van der Waals surface area contributed by atoms with E-state index in [0.717, 1.165) is 6.07 Å². The Bertz CT molecular complexity index is 552. The van der Waals surface area contributed by atoms with Crippen molar-refractivity contribution in [3.8, 4) is 0 Å². The van der Waals surface area contributed by atoms with Crippen LogP contribution in [0.15, 0.2) is 17.0 Å². The second-order valence-corrected chi connectivity index (χ2v) is 7.49. The van der Waals surface area contributed by atoms with Gasteiger partial charge in [-0.05, 0) is 24.8 Å². The molecule has 0 saturated heterocycles. The lowest BCUT2D eigenvalue weighted by molar-refractivity contribution is 0.557. The Morgan fingerprint density at radius 1 is 1.53 bits per heavy atom. The Balaban J connectivity index is 2.89. The van der Waals surface area contributed by atoms with Gasteiger partial charge < -0.3 is 5.73 Å². The van der Waals surface area contributed by atoms with E-state index in [1.807, 2.05) is 13.2 Å². The smallest absolute Gasteiger partial charge is 0.243 e. The maximum Gasteiger partial charge on any atom is 0.243 e. The first-order valence-corrected chi connectivity index (χ1v) is 8.70. The summed E-state index contributed by atoms with van der Waals surface area (Å²) >= 11 is 7.32. The van der Waals surface area contributed by atoms with Crippen LogP contribution >= 0.6 is 23.4 Å². The van der Waals surface area contributed by atoms with E-state index in [2.05, 4.69) is 4.72 Å². The van der Waals surface area contributed by atoms with Crippen molar-refractivity contribution in [2.24, 2.45) is 0 Å². The van der Waals surface area contributed by atoms with Crippen molar-refractivity contribution in [2.75, 3.05) is 18.5 Å². The number of sulfonamides is 1. The van der Waals surface area contributed by atoms with Gasteiger partial charge in [0.15, 0.2) is 5.82 Å². The topological polar surface area (TPSA) is 72.2 Å². The first-order valence-electron chi connectivity index (χ1n) is 5.55. The van der Waals surface area contributed by atoms with Gasteiger partial charge in [-0.25, -0.2) is 17.5 Å². The third kappa shape index (κ3) is 4.52. The van der Waals surface area contributed by atoms with Crippen LogP contribution in [0.3, 0.4) is 0 Å². The number of hydrogen-bond donors (Lipinski definition) is 2. The lowest BCUT2D eigenvalue weighted by atomic mass is 10.3. The van der Waals surface area contributed by atoms with Crippen LogP contribution in [0.5, 0.6) is 0 Å². The molecule has 1 atom stereocenters. The van der Waals surface area contributed by atoms with Crippen molar-refractivity contribution >= 4 is 39.1 Å². The van der Waals surface area contributed by atoms with E-state index in [-0.39, 0.29) is 17.3 Å². The van der Waals surface area contributed by atoms with Crippen molar-refractivity contribution in [3.05, 3.63) is 23.0 Å². The fourth-order valence-corrected chi connectivity index (χ4v) is 3.20. The molecule has 0 heterocycles. The van der Waals surface area contributed by atoms with E-state index in [0.29, 0.717) is 11.7 Å². The van der Waals surface area contributed by atoms with Crippen molar-refractivity contribution in [2.45, 2.75) is 23.5 Å². The molecule has 0 radical (unpaired) electrons. The van der Waals surface area contributed by atoms with E-state index < -0.39 is 20.7 Å². The molecule has 1 unspecified atom stereocenters. The molecule has 4 nitrogen and oxygen atoms in total. The molecule has 0 spiro atoms. The summed E-state index contributed by atoms with van der Waals surface area (Å²) in [7, 11) is -3.94. The minimum absolute atomic E-state index is 0.0803. The van der Waals surface area contributed by atoms with Gasteiger partial charge in [-0.1, -0.05) is 18.5 Å². The number of thioether (sulfide) groups is 1. The zero-order valence-corrected chi connectivity index (χ0v) is 13.0. The van der Waals surface area contributed by atoms with Gasteiger partial charge in [-0.3, -0.25) is 0 Å². The van der Waals surface area contributed by atoms with Crippen LogP contribution in [0.1, 0.15) is 13.3 Å². The number of nitrogen functional groups attached to an aromatic ring is 1. The maximum absolute atomic E-state index is 13.7. The molecule has 3 N–H and O–H groups in total. The van der Waals surface area contributed by atoms with Crippen molar-refractivity contribution in [1.29, 1.82) is 0 Å². The second kappa shape index (κ2) is 6.78. The largest absolute Gasteiger partial charge is 0.396 e. The summed E-state index contributed by atoms with van der Waals surface area (Å²) in [6, 6.07) is 2.22. The van der Waals surface area contributed by atoms with Gasteiger partial charge in [0.25, 0.3) is 0 Å². The standard InChI is InChI=1S/C11H16ClFN2O2S2/c1-7(18-2)3-4-15-19(16,17)10-6-8(12)5-9(14)11(10)13/h5-7,15H,3-4,14H2,1-2H3. The molecule has 0 fully saturated rings. The van der Waals surface area contributed by atoms with Crippen LogP contribution in [0.25, 0.3) is 0 Å². The van der Waals surface area contributed by atoms with Crippen molar-refractivity contribution in [1.82, 2.24) is 4.72 Å². The Labute approximate surface area is 121 Å². The molecule has 19 heavy (non-hydrogen) atoms. The van der Waals surface area contributed by atoms with Crippen molar-refractivity contribution < 1.29 is 12.8 Å². The van der Waals surface area contributed by atoms with Gasteiger partial charge in [0.05, 0.1) is 5.69 Å². The lowest BCUT2D eigenvalue weighted by Gasteiger charge is -2.11. The molecule has 1 aromatic rings. The monoisotopic (exact) mass is 326 g/mol. The molecule has 0 aromatic heterocycles. The highest BCUT2D eigenvalue weighted by atomic mass is 35.5. The highest BCUT2D eigenvalue weighted by Gasteiger charge is 2.21. The number of benzene rings is 1. The molecule has 0 amide bonds. The average Bonchev–Trinajstić information content (AvgIpc) is 2.33. The number of hydrogen-bond acceptors (Lipinski definition) is 4. The summed E-state index contributed by atoms with van der Waals surface area (Å²) in [5, 5.41) is 0.397. The van der Waals surface area contributed by atoms with Crippen LogP contribution in [-0.2, 0) is 10.0 Å². The molecule has 8 heteroatoms. The first kappa shape index (κ1) is 16.6. The molecule has 0 aliphatic rings. The van der Waals surface area contributed by atoms with Crippen LogP contribution in [0, 0.1) is 5.82 Å². The van der Waals surface area contributed by atoms with Gasteiger partial charge in [-0.15, -0.1) is 0 Å². The van der Waals surface area contributed by atoms with Crippen LogP contribution in [0.2, 0.25) is 5.02 Å². The average molecular weight is 327 g/mol. The highest BCUT2D eigenvalue weighted by Crippen LogP contribution is 2.25. The molecule has 0 aliphatic carbocycles. The van der Waals surface area contributed by atoms with E-state index in [9.17, 15) is 12.8 Å². The van der Waals surface area contributed by atoms with Crippen LogP contribution < -0.4 is 10.5 Å². The van der Waals surface area contributed by atoms with Gasteiger partial charge in [0.1, 0.15) is 4.90 Å². The SMILES string of the molecule is CSC(C)CCNS(=O)(=O)c1cc(Cl)cc(N)c1F. The molecule has 0 aliphatic heterocycles. The number of nitrogens with two attached hydrogens (primary N) is 1. The molecule has 1 aromatic carbocycles. The Kier molecular flexibility index (Phi) is 5.91. The lowest BCUT2D eigenvalue weighted by Crippen LogP contribution is -2.27. The van der Waals surface area contributed by atoms with E-state index in [4.69, 9.17) is 17.3 Å². The summed E-state index contributed by atoms with van der Waals surface area (Å²) in [4.78, 5) is -0.519. The summed E-state index contributed by atoms with van der Waals surface area (Å²) in [6.07, 6.45) is 2.59. The fourth-order valence-electron chi connectivity index (χ4n) is 1.37. The fraction of sp³-hybridized carbons (Fsp3) is 0.455. The minimum Gasteiger partial charge on any atom is -0.396 e. The molecular formula is C11H16ClFN2O2S2. The van der Waals surface area contributed by atoms with E-state index >= 15 is 0 Å².